The molecule has 0 saturated heterocycles. The molecule has 1 aromatic carbocycles. The Hall–Kier alpha value is -1.21. The van der Waals surface area contributed by atoms with Crippen LogP contribution in [-0.4, -0.2) is 44.1 Å². The highest BCUT2D eigenvalue weighted by molar-refractivity contribution is 7.89. The second-order valence-corrected chi connectivity index (χ2v) is 6.24. The summed E-state index contributed by atoms with van der Waals surface area (Å²) in [5, 5.41) is 12.1. The fourth-order valence-corrected chi connectivity index (χ4v) is 3.16. The number of aliphatic hydroxyl groups excluding tert-OH is 1. The van der Waals surface area contributed by atoms with Crippen molar-refractivity contribution in [1.82, 2.24) is 9.62 Å². The van der Waals surface area contributed by atoms with Crippen LogP contribution in [-0.2, 0) is 16.6 Å². The minimum atomic E-state index is -3.58. The number of hydrogen-bond donors (Lipinski definition) is 2. The molecule has 0 aliphatic carbocycles. The lowest BCUT2D eigenvalue weighted by atomic mass is 10.2. The van der Waals surface area contributed by atoms with Crippen LogP contribution in [0.3, 0.4) is 0 Å². The highest BCUT2D eigenvalue weighted by Crippen LogP contribution is 2.16. The van der Waals surface area contributed by atoms with Gasteiger partial charge in [0.15, 0.2) is 0 Å². The molecule has 0 bridgehead atoms. The summed E-state index contributed by atoms with van der Waals surface area (Å²) in [7, 11) is -3.58. The van der Waals surface area contributed by atoms with Gasteiger partial charge in [-0.1, -0.05) is 25.1 Å². The van der Waals surface area contributed by atoms with Gasteiger partial charge in [-0.3, -0.25) is 0 Å². The molecule has 0 aromatic heterocycles. The molecule has 0 aliphatic heterocycles. The summed E-state index contributed by atoms with van der Waals surface area (Å²) in [5.41, 5.74) is 1.03. The summed E-state index contributed by atoms with van der Waals surface area (Å²) in [6, 6.07) is 6.77. The third-order valence-corrected chi connectivity index (χ3v) is 4.70. The highest BCUT2D eigenvalue weighted by Gasteiger charge is 2.22. The number of rotatable bonds is 9. The molecule has 0 amide bonds. The van der Waals surface area contributed by atoms with Crippen molar-refractivity contribution in [1.29, 1.82) is 0 Å². The lowest BCUT2D eigenvalue weighted by Crippen LogP contribution is -2.33. The van der Waals surface area contributed by atoms with E-state index in [1.807, 2.05) is 6.92 Å². The second-order valence-electron chi connectivity index (χ2n) is 4.30. The summed E-state index contributed by atoms with van der Waals surface area (Å²) >= 11 is 0. The van der Waals surface area contributed by atoms with Gasteiger partial charge >= 0.3 is 0 Å². The van der Waals surface area contributed by atoms with Crippen LogP contribution in [0.5, 0.6) is 0 Å². The van der Waals surface area contributed by atoms with Gasteiger partial charge in [-0.25, -0.2) is 8.42 Å². The van der Waals surface area contributed by atoms with Crippen molar-refractivity contribution >= 4 is 10.0 Å². The third-order valence-electron chi connectivity index (χ3n) is 2.82. The van der Waals surface area contributed by atoms with E-state index in [9.17, 15) is 8.42 Å². The minimum Gasteiger partial charge on any atom is -0.395 e. The first-order chi connectivity index (χ1) is 9.56. The zero-order chi connectivity index (χ0) is 15.0. The Labute approximate surface area is 121 Å². The topological polar surface area (TPSA) is 69.6 Å². The Bertz CT molecular complexity index is 512. The van der Waals surface area contributed by atoms with Crippen molar-refractivity contribution in [2.45, 2.75) is 18.4 Å². The maximum Gasteiger partial charge on any atom is 0.243 e. The first-order valence-corrected chi connectivity index (χ1v) is 8.01. The Morgan fingerprint density at radius 2 is 2.00 bits per heavy atom. The van der Waals surface area contributed by atoms with Crippen molar-refractivity contribution in [3.05, 3.63) is 42.5 Å². The van der Waals surface area contributed by atoms with Crippen LogP contribution in [0, 0.1) is 0 Å². The molecule has 0 radical (unpaired) electrons. The van der Waals surface area contributed by atoms with Gasteiger partial charge in [0.2, 0.25) is 10.0 Å². The molecule has 20 heavy (non-hydrogen) atoms. The van der Waals surface area contributed by atoms with Gasteiger partial charge in [0.25, 0.3) is 0 Å². The van der Waals surface area contributed by atoms with Crippen LogP contribution in [0.15, 0.2) is 41.8 Å². The monoisotopic (exact) mass is 298 g/mol. The minimum absolute atomic E-state index is 0.0630. The SMILES string of the molecule is C=CCN(CCO)S(=O)(=O)c1ccc(CNCC)cc1. The largest absolute Gasteiger partial charge is 0.395 e. The maximum atomic E-state index is 12.4. The Kier molecular flexibility index (Phi) is 6.87. The molecule has 6 heteroatoms. The van der Waals surface area contributed by atoms with Crippen molar-refractivity contribution in [2.24, 2.45) is 0 Å². The Morgan fingerprint density at radius 1 is 1.35 bits per heavy atom. The number of hydrogen-bond acceptors (Lipinski definition) is 4. The fourth-order valence-electron chi connectivity index (χ4n) is 1.76. The molecular formula is C14H22N2O3S. The van der Waals surface area contributed by atoms with Gasteiger partial charge in [-0.2, -0.15) is 4.31 Å². The smallest absolute Gasteiger partial charge is 0.243 e. The number of sulfonamides is 1. The lowest BCUT2D eigenvalue weighted by molar-refractivity contribution is 0.260. The first kappa shape index (κ1) is 16.8. The van der Waals surface area contributed by atoms with E-state index in [1.54, 1.807) is 24.3 Å². The first-order valence-electron chi connectivity index (χ1n) is 6.57. The van der Waals surface area contributed by atoms with Gasteiger partial charge in [-0.15, -0.1) is 6.58 Å². The standard InChI is InChI=1S/C14H22N2O3S/c1-3-9-16(10-11-17)20(18,19)14-7-5-13(6-8-14)12-15-4-2/h3,5-8,15,17H,1,4,9-12H2,2H3. The van der Waals surface area contributed by atoms with Crippen molar-refractivity contribution in [2.75, 3.05) is 26.2 Å². The van der Waals surface area contributed by atoms with E-state index in [0.29, 0.717) is 6.54 Å². The number of nitrogens with one attached hydrogen (secondary N) is 1. The van der Waals surface area contributed by atoms with Crippen molar-refractivity contribution in [3.8, 4) is 0 Å². The Morgan fingerprint density at radius 3 is 2.50 bits per heavy atom. The van der Waals surface area contributed by atoms with Gasteiger partial charge in [0.1, 0.15) is 0 Å². The van der Waals surface area contributed by atoms with E-state index in [-0.39, 0.29) is 24.6 Å². The number of benzene rings is 1. The molecule has 0 spiro atoms. The average molecular weight is 298 g/mol. The second kappa shape index (κ2) is 8.16. The number of nitrogens with zero attached hydrogens (tertiary/aromatic N) is 1. The zero-order valence-corrected chi connectivity index (χ0v) is 12.6. The lowest BCUT2D eigenvalue weighted by Gasteiger charge is -2.19. The van der Waals surface area contributed by atoms with Crippen LogP contribution in [0.2, 0.25) is 0 Å². The van der Waals surface area contributed by atoms with Crippen molar-refractivity contribution in [3.63, 3.8) is 0 Å². The Balaban J connectivity index is 2.93. The highest BCUT2D eigenvalue weighted by atomic mass is 32.2. The molecule has 2 N–H and O–H groups in total. The quantitative estimate of drug-likeness (QED) is 0.666. The molecule has 0 atom stereocenters. The van der Waals surface area contributed by atoms with Crippen LogP contribution in [0.25, 0.3) is 0 Å². The number of aliphatic hydroxyl groups is 1. The van der Waals surface area contributed by atoms with E-state index in [4.69, 9.17) is 5.11 Å². The molecule has 0 saturated carbocycles. The molecule has 0 aliphatic rings. The van der Waals surface area contributed by atoms with E-state index in [0.717, 1.165) is 12.1 Å². The van der Waals surface area contributed by atoms with Crippen LogP contribution >= 0.6 is 0 Å². The van der Waals surface area contributed by atoms with E-state index < -0.39 is 10.0 Å². The molecule has 0 unspecified atom stereocenters. The van der Waals surface area contributed by atoms with Crippen LogP contribution < -0.4 is 5.32 Å². The molecular weight excluding hydrogens is 276 g/mol. The molecule has 1 aromatic rings. The summed E-state index contributed by atoms with van der Waals surface area (Å²) < 4.78 is 26.0. The normalized spacial score (nSPS) is 11.8. The molecule has 0 fully saturated rings. The van der Waals surface area contributed by atoms with E-state index in [2.05, 4.69) is 11.9 Å². The maximum absolute atomic E-state index is 12.4. The zero-order valence-electron chi connectivity index (χ0n) is 11.7. The third kappa shape index (κ3) is 4.42. The fraction of sp³-hybridized carbons (Fsp3) is 0.429. The van der Waals surface area contributed by atoms with Gasteiger partial charge in [0.05, 0.1) is 11.5 Å². The van der Waals surface area contributed by atoms with E-state index >= 15 is 0 Å². The van der Waals surface area contributed by atoms with Crippen LogP contribution in [0.4, 0.5) is 0 Å². The molecule has 1 rings (SSSR count). The van der Waals surface area contributed by atoms with E-state index in [1.165, 1.54) is 10.4 Å². The van der Waals surface area contributed by atoms with Gasteiger partial charge in [-0.05, 0) is 24.2 Å². The summed E-state index contributed by atoms with van der Waals surface area (Å²) in [4.78, 5) is 0.230. The average Bonchev–Trinajstić information content (AvgIpc) is 2.45. The van der Waals surface area contributed by atoms with Gasteiger partial charge < -0.3 is 10.4 Å². The predicted molar refractivity (Wildman–Crippen MR) is 79.9 cm³/mol. The summed E-state index contributed by atoms with van der Waals surface area (Å²) in [5.74, 6) is 0. The predicted octanol–water partition coefficient (Wildman–Crippen LogP) is 0.965. The van der Waals surface area contributed by atoms with Gasteiger partial charge in [0, 0.05) is 19.6 Å². The van der Waals surface area contributed by atoms with Crippen molar-refractivity contribution < 1.29 is 13.5 Å². The summed E-state index contributed by atoms with van der Waals surface area (Å²) in [6.07, 6.45) is 1.51. The van der Waals surface area contributed by atoms with Crippen LogP contribution in [0.1, 0.15) is 12.5 Å². The molecule has 112 valence electrons. The summed E-state index contributed by atoms with van der Waals surface area (Å²) in [6.45, 7) is 7.16. The molecule has 5 nitrogen and oxygen atoms in total. The molecule has 0 heterocycles.